The van der Waals surface area contributed by atoms with Crippen molar-refractivity contribution >= 4 is 34.4 Å². The van der Waals surface area contributed by atoms with Crippen molar-refractivity contribution in [2.75, 3.05) is 23.7 Å². The average molecular weight is 405 g/mol. The van der Waals surface area contributed by atoms with Crippen molar-refractivity contribution in [3.8, 4) is 16.9 Å². The van der Waals surface area contributed by atoms with Gasteiger partial charge in [0.1, 0.15) is 5.82 Å². The fraction of sp³-hybridized carbons (Fsp3) is 0.227. The third-order valence-electron chi connectivity index (χ3n) is 5.29. The monoisotopic (exact) mass is 404 g/mol. The van der Waals surface area contributed by atoms with E-state index in [9.17, 15) is 0 Å². The van der Waals surface area contributed by atoms with Crippen molar-refractivity contribution in [3.63, 3.8) is 0 Å². The molecule has 2 N–H and O–H groups in total. The third kappa shape index (κ3) is 3.19. The highest BCUT2D eigenvalue weighted by Crippen LogP contribution is 2.34. The Morgan fingerprint density at radius 3 is 2.55 bits per heavy atom. The van der Waals surface area contributed by atoms with Crippen LogP contribution in [0.1, 0.15) is 18.4 Å². The highest BCUT2D eigenvalue weighted by atomic mass is 35.5. The predicted octanol–water partition coefficient (Wildman–Crippen LogP) is 4.63. The van der Waals surface area contributed by atoms with Gasteiger partial charge in [-0.05, 0) is 49.6 Å². The molecule has 6 nitrogen and oxygen atoms in total. The molecule has 0 bridgehead atoms. The number of rotatable bonds is 3. The third-order valence-corrected chi connectivity index (χ3v) is 5.53. The van der Waals surface area contributed by atoms with Gasteiger partial charge in [0.05, 0.1) is 16.8 Å². The highest BCUT2D eigenvalue weighted by molar-refractivity contribution is 6.30. The van der Waals surface area contributed by atoms with Crippen LogP contribution in [0.15, 0.2) is 48.5 Å². The molecule has 5 rings (SSSR count). The molecule has 146 valence electrons. The number of anilines is 2. The van der Waals surface area contributed by atoms with E-state index >= 15 is 0 Å². The molecular formula is C22H21ClN6. The van der Waals surface area contributed by atoms with Crippen molar-refractivity contribution in [3.05, 3.63) is 59.1 Å². The standard InChI is InChI=1S/C22H21ClN6/c1-14-6-4-9-17(12-14)29-20(24)18-19(15-7-5-8-16(23)13-15)25-22(26-21(18)27-29)28-10-2-3-11-28/h4-9,12-13H,2-3,10-11,24H2,1H3. The SMILES string of the molecule is Cc1cccc(-n2nc3nc(N4CCCC4)nc(-c4cccc(Cl)c4)c3c2N)c1. The first-order valence-corrected chi connectivity index (χ1v) is 10.1. The van der Waals surface area contributed by atoms with Crippen LogP contribution in [0.5, 0.6) is 0 Å². The van der Waals surface area contributed by atoms with E-state index < -0.39 is 0 Å². The Labute approximate surface area is 173 Å². The zero-order valence-electron chi connectivity index (χ0n) is 16.1. The highest BCUT2D eigenvalue weighted by Gasteiger charge is 2.23. The molecule has 1 fully saturated rings. The van der Waals surface area contributed by atoms with Crippen LogP contribution in [-0.2, 0) is 0 Å². The van der Waals surface area contributed by atoms with Gasteiger partial charge in [-0.3, -0.25) is 0 Å². The lowest BCUT2D eigenvalue weighted by molar-refractivity contribution is 0.883. The molecule has 0 radical (unpaired) electrons. The summed E-state index contributed by atoms with van der Waals surface area (Å²) in [7, 11) is 0. The maximum absolute atomic E-state index is 6.57. The molecule has 0 atom stereocenters. The van der Waals surface area contributed by atoms with Crippen molar-refractivity contribution in [2.45, 2.75) is 19.8 Å². The number of hydrogen-bond donors (Lipinski definition) is 1. The number of nitrogen functional groups attached to an aromatic ring is 1. The lowest BCUT2D eigenvalue weighted by Crippen LogP contribution is -2.20. The molecule has 1 saturated heterocycles. The van der Waals surface area contributed by atoms with Gasteiger partial charge in [0.25, 0.3) is 0 Å². The molecule has 2 aromatic carbocycles. The van der Waals surface area contributed by atoms with Crippen LogP contribution < -0.4 is 10.6 Å². The van der Waals surface area contributed by atoms with E-state index in [0.717, 1.165) is 53.8 Å². The van der Waals surface area contributed by atoms with Gasteiger partial charge >= 0.3 is 0 Å². The van der Waals surface area contributed by atoms with E-state index in [1.807, 2.05) is 49.4 Å². The lowest BCUT2D eigenvalue weighted by Gasteiger charge is -2.16. The zero-order valence-corrected chi connectivity index (χ0v) is 16.9. The smallest absolute Gasteiger partial charge is 0.228 e. The Kier molecular flexibility index (Phi) is 4.36. The van der Waals surface area contributed by atoms with Gasteiger partial charge in [-0.1, -0.05) is 35.9 Å². The van der Waals surface area contributed by atoms with Crippen LogP contribution in [0.25, 0.3) is 28.0 Å². The molecule has 3 heterocycles. The van der Waals surface area contributed by atoms with E-state index in [4.69, 9.17) is 32.4 Å². The number of hydrogen-bond acceptors (Lipinski definition) is 5. The number of halogens is 1. The van der Waals surface area contributed by atoms with Gasteiger partial charge in [0, 0.05) is 23.7 Å². The molecular weight excluding hydrogens is 384 g/mol. The Bertz CT molecular complexity index is 1210. The first-order valence-electron chi connectivity index (χ1n) is 9.74. The van der Waals surface area contributed by atoms with Crippen LogP contribution in [0.2, 0.25) is 5.02 Å². The molecule has 4 aromatic rings. The molecule has 7 heteroatoms. The second-order valence-electron chi connectivity index (χ2n) is 7.41. The number of aromatic nitrogens is 4. The van der Waals surface area contributed by atoms with Gasteiger partial charge in [0.15, 0.2) is 5.65 Å². The molecule has 29 heavy (non-hydrogen) atoms. The molecule has 0 aliphatic carbocycles. The fourth-order valence-electron chi connectivity index (χ4n) is 3.86. The maximum Gasteiger partial charge on any atom is 0.228 e. The van der Waals surface area contributed by atoms with Crippen LogP contribution in [0.3, 0.4) is 0 Å². The van der Waals surface area contributed by atoms with Gasteiger partial charge in [-0.2, -0.15) is 4.98 Å². The molecule has 0 amide bonds. The quantitative estimate of drug-likeness (QED) is 0.539. The summed E-state index contributed by atoms with van der Waals surface area (Å²) in [5.41, 5.74) is 10.9. The summed E-state index contributed by atoms with van der Waals surface area (Å²) in [5, 5.41) is 6.15. The Balaban J connectivity index is 1.78. The summed E-state index contributed by atoms with van der Waals surface area (Å²) >= 11 is 6.27. The summed E-state index contributed by atoms with van der Waals surface area (Å²) in [6.45, 7) is 3.95. The second kappa shape index (κ2) is 7.04. The number of nitrogens with two attached hydrogens (primary N) is 1. The van der Waals surface area contributed by atoms with Gasteiger partial charge in [-0.25, -0.2) is 9.67 Å². The van der Waals surface area contributed by atoms with Gasteiger partial charge < -0.3 is 10.6 Å². The van der Waals surface area contributed by atoms with E-state index in [1.165, 1.54) is 0 Å². The number of benzene rings is 2. The van der Waals surface area contributed by atoms with Crippen LogP contribution in [0.4, 0.5) is 11.8 Å². The minimum absolute atomic E-state index is 0.522. The predicted molar refractivity (Wildman–Crippen MR) is 118 cm³/mol. The number of nitrogens with zero attached hydrogens (tertiary/aromatic N) is 5. The summed E-state index contributed by atoms with van der Waals surface area (Å²) in [4.78, 5) is 11.9. The van der Waals surface area contributed by atoms with Gasteiger partial charge in [-0.15, -0.1) is 5.10 Å². The molecule has 0 saturated carbocycles. The summed E-state index contributed by atoms with van der Waals surface area (Å²) in [6, 6.07) is 15.7. The van der Waals surface area contributed by atoms with Crippen molar-refractivity contribution in [1.82, 2.24) is 19.7 Å². The molecule has 0 unspecified atom stereocenters. The normalized spacial score (nSPS) is 14.1. The van der Waals surface area contributed by atoms with Crippen LogP contribution >= 0.6 is 11.6 Å². The number of aryl methyl sites for hydroxylation is 1. The Hall–Kier alpha value is -3.12. The molecule has 1 aliphatic heterocycles. The maximum atomic E-state index is 6.57. The van der Waals surface area contributed by atoms with E-state index in [-0.39, 0.29) is 0 Å². The molecule has 2 aromatic heterocycles. The van der Waals surface area contributed by atoms with Crippen LogP contribution in [-0.4, -0.2) is 32.8 Å². The molecule has 0 spiro atoms. The Morgan fingerprint density at radius 2 is 1.79 bits per heavy atom. The van der Waals surface area contributed by atoms with Gasteiger partial charge in [0.2, 0.25) is 5.95 Å². The van der Waals surface area contributed by atoms with Crippen molar-refractivity contribution in [2.24, 2.45) is 0 Å². The topological polar surface area (TPSA) is 72.9 Å². The molecule has 1 aliphatic rings. The summed E-state index contributed by atoms with van der Waals surface area (Å²) < 4.78 is 1.74. The fourth-order valence-corrected chi connectivity index (χ4v) is 4.05. The lowest BCUT2D eigenvalue weighted by atomic mass is 10.1. The van der Waals surface area contributed by atoms with E-state index in [0.29, 0.717) is 22.4 Å². The Morgan fingerprint density at radius 1 is 1.00 bits per heavy atom. The first kappa shape index (κ1) is 17.9. The van der Waals surface area contributed by atoms with E-state index in [2.05, 4.69) is 11.0 Å². The summed E-state index contributed by atoms with van der Waals surface area (Å²) in [5.74, 6) is 1.22. The first-order chi connectivity index (χ1) is 14.1. The number of fused-ring (bicyclic) bond motifs is 1. The van der Waals surface area contributed by atoms with Crippen molar-refractivity contribution < 1.29 is 0 Å². The summed E-state index contributed by atoms with van der Waals surface area (Å²) in [6.07, 6.45) is 2.29. The van der Waals surface area contributed by atoms with E-state index in [1.54, 1.807) is 4.68 Å². The van der Waals surface area contributed by atoms with Crippen molar-refractivity contribution in [1.29, 1.82) is 0 Å². The minimum atomic E-state index is 0.522. The zero-order chi connectivity index (χ0) is 20.0. The largest absolute Gasteiger partial charge is 0.383 e. The van der Waals surface area contributed by atoms with Crippen LogP contribution in [0, 0.1) is 6.92 Å². The minimum Gasteiger partial charge on any atom is -0.383 e. The average Bonchev–Trinajstić information content (AvgIpc) is 3.36. The second-order valence-corrected chi connectivity index (χ2v) is 7.85.